The average molecular weight is 1010 g/mol. The first-order chi connectivity index (χ1) is 37.6. The van der Waals surface area contributed by atoms with Crippen LogP contribution in [0.2, 0.25) is 0 Å². The maximum absolute atomic E-state index is 16.1. The minimum absolute atomic E-state index is 0.223. The maximum atomic E-state index is 16.1. The van der Waals surface area contributed by atoms with Crippen LogP contribution >= 0.6 is 0 Å². The number of aromatic nitrogens is 2. The number of hydrogen-bond donors (Lipinski definition) is 0. The summed E-state index contributed by atoms with van der Waals surface area (Å²) in [4.78, 5) is 32.1. The Morgan fingerprint density at radius 3 is 0.833 bits per heavy atom. The van der Waals surface area contributed by atoms with Crippen LogP contribution in [0, 0.1) is 0 Å². The molecule has 0 N–H and O–H groups in total. The molecule has 0 saturated heterocycles. The Hall–Kier alpha value is -8.86. The molecule has 4 aliphatic carbocycles. The molecule has 0 saturated carbocycles. The van der Waals surface area contributed by atoms with E-state index in [4.69, 9.17) is 0 Å². The molecule has 78 heavy (non-hydrogen) atoms. The topological polar surface area (TPSA) is 43.0 Å². The van der Waals surface area contributed by atoms with Crippen LogP contribution in [0.5, 0.6) is 0 Å². The van der Waals surface area contributed by atoms with E-state index < -0.39 is 0 Å². The molecule has 0 aliphatic heterocycles. The summed E-state index contributed by atoms with van der Waals surface area (Å²) in [5.41, 5.74) is 27.3. The van der Waals surface area contributed by atoms with Crippen LogP contribution in [0.4, 0.5) is 0 Å². The SMILES string of the molecule is CC1(C)c2ccccc2-c2c(-c3cc(-c4cccc5c4-c4ccccc4C5(C)C)c4c(c3)c(=O)n3c(=O)c5cc(-c6cccc7c6-c6ccccc6C7(C)C)cc(-c6cccc7c6-c6ccccc6C7(C)C)c5n43)cccc21. The molecule has 10 aromatic carbocycles. The Balaban J connectivity index is 1.08. The Morgan fingerprint density at radius 1 is 0.256 bits per heavy atom. The van der Waals surface area contributed by atoms with Crippen molar-refractivity contribution in [3.8, 4) is 89.0 Å². The molecule has 4 nitrogen and oxygen atoms in total. The van der Waals surface area contributed by atoms with Gasteiger partial charge in [-0.3, -0.25) is 9.59 Å². The summed E-state index contributed by atoms with van der Waals surface area (Å²) in [6.45, 7) is 18.5. The molecule has 16 rings (SSSR count). The summed E-state index contributed by atoms with van der Waals surface area (Å²) in [7, 11) is 0. The van der Waals surface area contributed by atoms with Crippen molar-refractivity contribution < 1.29 is 0 Å². The average Bonchev–Trinajstić information content (AvgIpc) is 3.48. The molecule has 0 bridgehead atoms. The van der Waals surface area contributed by atoms with Crippen molar-refractivity contribution in [2.45, 2.75) is 77.0 Å². The molecule has 2 aromatic heterocycles. The summed E-state index contributed by atoms with van der Waals surface area (Å²) >= 11 is 0. The molecule has 4 aliphatic rings. The highest BCUT2D eigenvalue weighted by Crippen LogP contribution is 2.58. The number of benzene rings is 10. The molecule has 374 valence electrons. The predicted octanol–water partition coefficient (Wildman–Crippen LogP) is 17.4. The maximum Gasteiger partial charge on any atom is 0.282 e. The van der Waals surface area contributed by atoms with Crippen LogP contribution in [0.15, 0.2) is 204 Å². The van der Waals surface area contributed by atoms with E-state index in [2.05, 4.69) is 250 Å². The van der Waals surface area contributed by atoms with Gasteiger partial charge in [0.05, 0.1) is 21.8 Å². The van der Waals surface area contributed by atoms with Gasteiger partial charge in [-0.2, -0.15) is 4.52 Å². The normalized spacial score (nSPS) is 15.9. The summed E-state index contributed by atoms with van der Waals surface area (Å²) in [5, 5.41) is 1.01. The van der Waals surface area contributed by atoms with Gasteiger partial charge in [-0.25, -0.2) is 4.52 Å². The first kappa shape index (κ1) is 45.3. The zero-order chi connectivity index (χ0) is 53.1. The largest absolute Gasteiger partial charge is 0.282 e. The first-order valence-corrected chi connectivity index (χ1v) is 27.6. The van der Waals surface area contributed by atoms with Gasteiger partial charge < -0.3 is 0 Å². The van der Waals surface area contributed by atoms with Crippen molar-refractivity contribution in [1.29, 1.82) is 0 Å². The molecule has 4 heteroatoms. The Morgan fingerprint density at radius 2 is 0.513 bits per heavy atom. The number of rotatable bonds is 4. The zero-order valence-electron chi connectivity index (χ0n) is 45.2. The highest BCUT2D eigenvalue weighted by atomic mass is 16.2. The second kappa shape index (κ2) is 15.0. The minimum atomic E-state index is -0.329. The molecule has 0 radical (unpaired) electrons. The van der Waals surface area contributed by atoms with Gasteiger partial charge in [0.25, 0.3) is 11.1 Å². The van der Waals surface area contributed by atoms with E-state index in [1.165, 1.54) is 82.4 Å². The fourth-order valence-electron chi connectivity index (χ4n) is 15.5. The third-order valence-corrected chi connectivity index (χ3v) is 19.3. The quantitative estimate of drug-likeness (QED) is 0.176. The van der Waals surface area contributed by atoms with E-state index >= 15 is 9.59 Å². The molecule has 12 aromatic rings. The van der Waals surface area contributed by atoms with Gasteiger partial charge in [-0.1, -0.05) is 225 Å². The monoisotopic (exact) mass is 1000 g/mol. The number of hydrogen-bond acceptors (Lipinski definition) is 2. The minimum Gasteiger partial charge on any atom is -0.267 e. The fraction of sp³-hybridized carbons (Fsp3) is 0.162. The molecular weight excluding hydrogens is 949 g/mol. The molecule has 0 unspecified atom stereocenters. The predicted molar refractivity (Wildman–Crippen MR) is 322 cm³/mol. The Kier molecular flexibility index (Phi) is 8.72. The summed E-state index contributed by atoms with van der Waals surface area (Å²) in [5.74, 6) is 0. The van der Waals surface area contributed by atoms with E-state index in [1.54, 1.807) is 0 Å². The van der Waals surface area contributed by atoms with Crippen LogP contribution in [-0.2, 0) is 21.7 Å². The van der Waals surface area contributed by atoms with Crippen LogP contribution in [-0.4, -0.2) is 9.03 Å². The molecule has 0 amide bonds. The molecule has 0 atom stereocenters. The van der Waals surface area contributed by atoms with E-state index in [0.717, 1.165) is 66.7 Å². The van der Waals surface area contributed by atoms with Crippen LogP contribution in [0.25, 0.3) is 111 Å². The van der Waals surface area contributed by atoms with Gasteiger partial charge in [0, 0.05) is 32.8 Å². The lowest BCUT2D eigenvalue weighted by atomic mass is 9.81. The first-order valence-electron chi connectivity index (χ1n) is 27.6. The van der Waals surface area contributed by atoms with Gasteiger partial charge in [0.15, 0.2) is 0 Å². The van der Waals surface area contributed by atoms with Crippen molar-refractivity contribution in [3.63, 3.8) is 0 Å². The lowest BCUT2D eigenvalue weighted by Gasteiger charge is -2.22. The second-order valence-electron chi connectivity index (χ2n) is 24.7. The Labute approximate surface area is 453 Å². The highest BCUT2D eigenvalue weighted by molar-refractivity contribution is 6.10. The van der Waals surface area contributed by atoms with Crippen molar-refractivity contribution in [2.75, 3.05) is 0 Å². The lowest BCUT2D eigenvalue weighted by molar-refractivity contribution is 0.660. The zero-order valence-corrected chi connectivity index (χ0v) is 45.2. The Bertz CT molecular complexity index is 4540. The molecular formula is C74H56N2O2. The van der Waals surface area contributed by atoms with E-state index in [9.17, 15) is 0 Å². The highest BCUT2D eigenvalue weighted by Gasteiger charge is 2.42. The van der Waals surface area contributed by atoms with Crippen molar-refractivity contribution in [1.82, 2.24) is 9.03 Å². The van der Waals surface area contributed by atoms with Crippen LogP contribution in [0.1, 0.15) is 99.9 Å². The van der Waals surface area contributed by atoms with E-state index in [-0.39, 0.29) is 32.8 Å². The molecule has 2 heterocycles. The third kappa shape index (κ3) is 5.50. The van der Waals surface area contributed by atoms with Gasteiger partial charge in [-0.05, 0) is 147 Å². The second-order valence-corrected chi connectivity index (χ2v) is 24.7. The van der Waals surface area contributed by atoms with Gasteiger partial charge >= 0.3 is 0 Å². The van der Waals surface area contributed by atoms with Gasteiger partial charge in [0.1, 0.15) is 0 Å². The van der Waals surface area contributed by atoms with E-state index in [1.807, 2.05) is 4.52 Å². The molecule has 0 fully saturated rings. The van der Waals surface area contributed by atoms with Crippen molar-refractivity contribution >= 4 is 21.8 Å². The summed E-state index contributed by atoms with van der Waals surface area (Å²) < 4.78 is 3.48. The van der Waals surface area contributed by atoms with Gasteiger partial charge in [-0.15, -0.1) is 0 Å². The van der Waals surface area contributed by atoms with Gasteiger partial charge in [0.2, 0.25) is 0 Å². The fourth-order valence-corrected chi connectivity index (χ4v) is 15.5. The molecule has 0 spiro atoms. The van der Waals surface area contributed by atoms with Crippen molar-refractivity contribution in [3.05, 3.63) is 259 Å². The lowest BCUT2D eigenvalue weighted by Crippen LogP contribution is -2.21. The number of fused-ring (bicyclic) bond motifs is 17. The van der Waals surface area contributed by atoms with E-state index in [0.29, 0.717) is 10.8 Å². The number of nitrogens with zero attached hydrogens (tertiary/aromatic N) is 2. The van der Waals surface area contributed by atoms with Crippen LogP contribution in [0.3, 0.4) is 0 Å². The summed E-state index contributed by atoms with van der Waals surface area (Å²) in [6, 6.07) is 70.6. The van der Waals surface area contributed by atoms with Crippen molar-refractivity contribution in [2.24, 2.45) is 0 Å². The summed E-state index contributed by atoms with van der Waals surface area (Å²) in [6.07, 6.45) is 0. The van der Waals surface area contributed by atoms with Crippen LogP contribution < -0.4 is 11.1 Å². The standard InChI is InChI=1S/C74H56N2O2/c1-71(2)55-29-13-9-21-47(55)63-43(25-17-33-59(63)71)41-37-51(45-27-19-35-61-65(45)49-23-11-15-31-57(49)73(61,5)6)67-53(39-41)69(77)76-70(78)54-40-42(44-26-18-34-60-64(44)48-22-10-14-30-56(48)72(60,3)4)38-52(68(54)75(67)76)46-28-20-36-62-66(46)50-24-12-16-32-58(50)74(62,7)8/h9-40H,1-8H3. The smallest absolute Gasteiger partial charge is 0.267 e. The third-order valence-electron chi connectivity index (χ3n) is 19.3.